The molecule has 1 aliphatic rings. The van der Waals surface area contributed by atoms with Crippen LogP contribution in [-0.4, -0.2) is 22.8 Å². The van der Waals surface area contributed by atoms with Crippen molar-refractivity contribution in [1.82, 2.24) is 9.55 Å². The third-order valence-corrected chi connectivity index (χ3v) is 5.59. The minimum atomic E-state index is -4.34. The first kappa shape index (κ1) is 22.0. The van der Waals surface area contributed by atoms with Crippen LogP contribution in [0.1, 0.15) is 12.5 Å². The summed E-state index contributed by atoms with van der Waals surface area (Å²) in [7, 11) is 1.34. The van der Waals surface area contributed by atoms with Crippen LogP contribution in [0.3, 0.4) is 0 Å². The van der Waals surface area contributed by atoms with Crippen LogP contribution in [0.5, 0.6) is 5.75 Å². The first-order chi connectivity index (χ1) is 14.1. The predicted octanol–water partition coefficient (Wildman–Crippen LogP) is 5.27. The predicted molar refractivity (Wildman–Crippen MR) is 110 cm³/mol. The second-order valence-electron chi connectivity index (χ2n) is 7.09. The van der Waals surface area contributed by atoms with Gasteiger partial charge in [-0.15, -0.1) is 0 Å². The Labute approximate surface area is 176 Å². The number of aromatic nitrogens is 2. The molecular weight excluding hydrogens is 419 g/mol. The Balaban J connectivity index is 1.99. The first-order valence-corrected chi connectivity index (χ1v) is 9.61. The second-order valence-corrected chi connectivity index (χ2v) is 7.49. The van der Waals surface area contributed by atoms with Crippen molar-refractivity contribution in [2.24, 2.45) is 11.8 Å². The monoisotopic (exact) mass is 439 g/mol. The lowest BCUT2D eigenvalue weighted by molar-refractivity contribution is -0.170. The number of hydrogen-bond acceptors (Lipinski definition) is 4. The number of methoxy groups -OCH3 is 1. The summed E-state index contributed by atoms with van der Waals surface area (Å²) in [6.07, 6.45) is 1.33. The van der Waals surface area contributed by atoms with Crippen molar-refractivity contribution in [2.75, 3.05) is 12.4 Å². The maximum absolute atomic E-state index is 13.3. The van der Waals surface area contributed by atoms with Crippen LogP contribution in [0.4, 0.5) is 24.8 Å². The van der Waals surface area contributed by atoms with Crippen LogP contribution in [0.25, 0.3) is 0 Å². The maximum atomic E-state index is 13.3. The van der Waals surface area contributed by atoms with Crippen LogP contribution in [0, 0.1) is 18.8 Å². The van der Waals surface area contributed by atoms with E-state index >= 15 is 0 Å². The van der Waals surface area contributed by atoms with E-state index in [4.69, 9.17) is 16.3 Å². The van der Waals surface area contributed by atoms with Gasteiger partial charge in [0.25, 0.3) is 0 Å². The van der Waals surface area contributed by atoms with Crippen LogP contribution >= 0.6 is 11.6 Å². The van der Waals surface area contributed by atoms with Gasteiger partial charge in [0.2, 0.25) is 11.7 Å². The molecule has 1 aromatic heterocycles. The third kappa shape index (κ3) is 4.53. The lowest BCUT2D eigenvalue weighted by Gasteiger charge is -2.29. The number of alkyl halides is 3. The van der Waals surface area contributed by atoms with Crippen molar-refractivity contribution in [2.45, 2.75) is 26.6 Å². The molecule has 0 bridgehead atoms. The number of halogens is 4. The molecule has 2 atom stereocenters. The average Bonchev–Trinajstić information content (AvgIpc) is 2.68. The molecule has 2 aromatic rings. The van der Waals surface area contributed by atoms with Crippen molar-refractivity contribution >= 4 is 23.2 Å². The van der Waals surface area contributed by atoms with E-state index in [0.29, 0.717) is 16.3 Å². The summed E-state index contributed by atoms with van der Waals surface area (Å²) in [5.41, 5.74) is 1.35. The SMILES string of the molecule is COc1cn(CC2=CC=CC(C(F)(F)F)C2C)c(Nc2cccc(Cl)c2C)nc1=O. The largest absolute Gasteiger partial charge is 0.490 e. The Kier molecular flexibility index (Phi) is 6.26. The number of hydrogen-bond donors (Lipinski definition) is 1. The van der Waals surface area contributed by atoms with Crippen molar-refractivity contribution in [3.63, 3.8) is 0 Å². The summed E-state index contributed by atoms with van der Waals surface area (Å²) in [6, 6.07) is 5.25. The lowest BCUT2D eigenvalue weighted by atomic mass is 9.83. The number of nitrogens with zero attached hydrogens (tertiary/aromatic N) is 2. The van der Waals surface area contributed by atoms with E-state index in [1.165, 1.54) is 26.3 Å². The number of benzene rings is 1. The van der Waals surface area contributed by atoms with Gasteiger partial charge in [-0.25, -0.2) is 0 Å². The van der Waals surface area contributed by atoms with Gasteiger partial charge in [-0.1, -0.05) is 42.8 Å². The van der Waals surface area contributed by atoms with Crippen molar-refractivity contribution in [3.05, 3.63) is 69.1 Å². The highest BCUT2D eigenvalue weighted by molar-refractivity contribution is 6.31. The van der Waals surface area contributed by atoms with Gasteiger partial charge in [0.05, 0.1) is 19.2 Å². The van der Waals surface area contributed by atoms with Gasteiger partial charge >= 0.3 is 11.7 Å². The van der Waals surface area contributed by atoms with Gasteiger partial charge in [0, 0.05) is 17.3 Å². The molecule has 1 aromatic carbocycles. The molecule has 160 valence electrons. The Morgan fingerprint density at radius 1 is 1.33 bits per heavy atom. The normalized spacial score (nSPS) is 18.8. The molecule has 30 heavy (non-hydrogen) atoms. The van der Waals surface area contributed by atoms with Crippen LogP contribution in [0.2, 0.25) is 5.02 Å². The minimum Gasteiger partial charge on any atom is -0.490 e. The van der Waals surface area contributed by atoms with Gasteiger partial charge in [0.1, 0.15) is 0 Å². The van der Waals surface area contributed by atoms with Gasteiger partial charge in [-0.3, -0.25) is 4.79 Å². The molecule has 0 spiro atoms. The summed E-state index contributed by atoms with van der Waals surface area (Å²) in [5.74, 6) is -2.16. The molecule has 0 fully saturated rings. The van der Waals surface area contributed by atoms with E-state index in [0.717, 1.165) is 11.6 Å². The quantitative estimate of drug-likeness (QED) is 0.689. The molecule has 5 nitrogen and oxygen atoms in total. The van der Waals surface area contributed by atoms with Gasteiger partial charge in [-0.2, -0.15) is 18.2 Å². The molecule has 0 amide bonds. The molecule has 0 radical (unpaired) electrons. The Morgan fingerprint density at radius 3 is 2.73 bits per heavy atom. The topological polar surface area (TPSA) is 56.1 Å². The zero-order valence-corrected chi connectivity index (χ0v) is 17.4. The highest BCUT2D eigenvalue weighted by Gasteiger charge is 2.43. The van der Waals surface area contributed by atoms with E-state index in [1.54, 1.807) is 35.8 Å². The molecule has 9 heteroatoms. The summed E-state index contributed by atoms with van der Waals surface area (Å²) in [5, 5.41) is 3.60. The Morgan fingerprint density at radius 2 is 2.07 bits per heavy atom. The van der Waals surface area contributed by atoms with E-state index in [2.05, 4.69) is 10.3 Å². The minimum absolute atomic E-state index is 0.00431. The van der Waals surface area contributed by atoms with Crippen LogP contribution in [-0.2, 0) is 6.54 Å². The highest BCUT2D eigenvalue weighted by atomic mass is 35.5. The number of rotatable bonds is 5. The van der Waals surface area contributed by atoms with Crippen LogP contribution < -0.4 is 15.6 Å². The standard InChI is InChI=1S/C21H21ClF3N3O2/c1-12-14(6-4-7-15(12)21(23,24)25)10-28-11-18(30-3)19(29)27-20(28)26-17-9-5-8-16(22)13(17)2/h4-9,11-12,15H,10H2,1-3H3,(H,26,27,29). The van der Waals surface area contributed by atoms with Gasteiger partial charge in [0.15, 0.2) is 0 Å². The molecule has 0 aliphatic heterocycles. The zero-order chi connectivity index (χ0) is 22.1. The molecule has 2 unspecified atom stereocenters. The average molecular weight is 440 g/mol. The molecule has 0 saturated heterocycles. The molecule has 1 aliphatic carbocycles. The van der Waals surface area contributed by atoms with Crippen LogP contribution in [0.15, 0.2) is 53.0 Å². The Bertz CT molecular complexity index is 1060. The van der Waals surface area contributed by atoms with E-state index in [1.807, 2.05) is 0 Å². The second kappa shape index (κ2) is 8.55. The highest BCUT2D eigenvalue weighted by Crippen LogP contribution is 2.39. The zero-order valence-electron chi connectivity index (χ0n) is 16.6. The van der Waals surface area contributed by atoms with E-state index in [9.17, 15) is 18.0 Å². The van der Waals surface area contributed by atoms with Gasteiger partial charge < -0.3 is 14.6 Å². The lowest BCUT2D eigenvalue weighted by Crippen LogP contribution is -2.31. The number of anilines is 2. The molecule has 1 heterocycles. The first-order valence-electron chi connectivity index (χ1n) is 9.23. The van der Waals surface area contributed by atoms with Crippen molar-refractivity contribution < 1.29 is 17.9 Å². The fourth-order valence-corrected chi connectivity index (χ4v) is 3.51. The summed E-state index contributed by atoms with van der Waals surface area (Å²) < 4.78 is 46.7. The number of ether oxygens (including phenoxy) is 1. The van der Waals surface area contributed by atoms with E-state index < -0.39 is 23.6 Å². The van der Waals surface area contributed by atoms with Crippen molar-refractivity contribution in [3.8, 4) is 5.75 Å². The fourth-order valence-electron chi connectivity index (χ4n) is 3.33. The summed E-state index contributed by atoms with van der Waals surface area (Å²) in [4.78, 5) is 16.2. The molecular formula is C21H21ClF3N3O2. The summed E-state index contributed by atoms with van der Waals surface area (Å²) in [6.45, 7) is 3.44. The third-order valence-electron chi connectivity index (χ3n) is 5.18. The number of allylic oxidation sites excluding steroid dienone is 4. The Hall–Kier alpha value is -2.74. The number of nitrogens with one attached hydrogen (secondary N) is 1. The molecule has 0 saturated carbocycles. The van der Waals surface area contributed by atoms with E-state index in [-0.39, 0.29) is 18.2 Å². The maximum Gasteiger partial charge on any atom is 0.395 e. The fraction of sp³-hybridized carbons (Fsp3) is 0.333. The molecule has 1 N–H and O–H groups in total. The summed E-state index contributed by atoms with van der Waals surface area (Å²) >= 11 is 6.16. The molecule has 3 rings (SSSR count). The van der Waals surface area contributed by atoms with Crippen molar-refractivity contribution in [1.29, 1.82) is 0 Å². The smallest absolute Gasteiger partial charge is 0.395 e. The van der Waals surface area contributed by atoms with Gasteiger partial charge in [-0.05, 0) is 36.1 Å².